The first-order valence-electron chi connectivity index (χ1n) is 18.6. The minimum atomic E-state index is -5.32. The van der Waals surface area contributed by atoms with Crippen LogP contribution in [0.2, 0.25) is 0 Å². The molecule has 10 unspecified atom stereocenters. The zero-order valence-electron chi connectivity index (χ0n) is 32.0. The maximum atomic E-state index is 12.3. The summed E-state index contributed by atoms with van der Waals surface area (Å²) in [7, 11) is -5.32. The lowest BCUT2D eigenvalue weighted by Crippen LogP contribution is -2.66. The van der Waals surface area contributed by atoms with Crippen LogP contribution in [0.4, 0.5) is 0 Å². The summed E-state index contributed by atoms with van der Waals surface area (Å²) < 4.78 is 95.1. The summed E-state index contributed by atoms with van der Waals surface area (Å²) in [6.07, 6.45) is -29.0. The summed E-state index contributed by atoms with van der Waals surface area (Å²) in [6, 6.07) is -3.39. The van der Waals surface area contributed by atoms with E-state index in [0.29, 0.717) is 0 Å². The van der Waals surface area contributed by atoms with Crippen LogP contribution in [0.15, 0.2) is 0 Å². The number of aliphatic hydroxyl groups is 5. The summed E-state index contributed by atoms with van der Waals surface area (Å²) in [5.41, 5.74) is 18.4. The highest BCUT2D eigenvalue weighted by Crippen LogP contribution is 2.37. The van der Waals surface area contributed by atoms with Crippen LogP contribution in [-0.2, 0) is 71.5 Å². The van der Waals surface area contributed by atoms with Gasteiger partial charge in [0, 0.05) is 5.92 Å². The lowest BCUT2D eigenvalue weighted by molar-refractivity contribution is -0.382. The molecule has 5 aliphatic heterocycles. The van der Waals surface area contributed by atoms with Crippen LogP contribution in [-0.4, -0.2) is 197 Å². The van der Waals surface area contributed by atoms with E-state index in [0.717, 1.165) is 0 Å². The number of ether oxygens (including phenoxy) is 10. The Kier molecular flexibility index (Phi) is 15.5. The van der Waals surface area contributed by atoms with E-state index < -0.39 is 163 Å². The van der Waals surface area contributed by atoms with E-state index in [4.69, 9.17) is 68.8 Å². The maximum Gasteiger partial charge on any atom is 0.397 e. The monoisotopic (exact) mass is 865 g/mol. The van der Waals surface area contributed by atoms with E-state index >= 15 is 0 Å². The molecular formula is C32H55N3O22S. The van der Waals surface area contributed by atoms with Crippen molar-refractivity contribution in [2.75, 3.05) is 0 Å². The minimum absolute atomic E-state index is 0.0632. The number of rotatable bonds is 13. The molecule has 0 aromatic carbocycles. The van der Waals surface area contributed by atoms with Gasteiger partial charge < -0.3 is 95.2 Å². The molecule has 58 heavy (non-hydrogen) atoms. The molecule has 26 heteroatoms. The van der Waals surface area contributed by atoms with Crippen LogP contribution >= 0.6 is 0 Å². The molecule has 0 saturated carbocycles. The molecule has 24 atom stereocenters. The van der Waals surface area contributed by atoms with Gasteiger partial charge in [-0.15, -0.1) is 0 Å². The van der Waals surface area contributed by atoms with Crippen molar-refractivity contribution in [1.29, 1.82) is 0 Å². The first kappa shape index (κ1) is 47.2. The number of aliphatic hydroxyl groups excluding tert-OH is 5. The first-order valence-corrected chi connectivity index (χ1v) is 19.9. The summed E-state index contributed by atoms with van der Waals surface area (Å²) in [4.78, 5) is 23.9. The zero-order valence-corrected chi connectivity index (χ0v) is 32.9. The molecule has 5 saturated heterocycles. The summed E-state index contributed by atoms with van der Waals surface area (Å²) in [5.74, 6) is -2.50. The van der Waals surface area contributed by atoms with Gasteiger partial charge in [-0.05, 0) is 34.1 Å². The third-order valence-corrected chi connectivity index (χ3v) is 11.5. The Bertz CT molecular complexity index is 1500. The zero-order chi connectivity index (χ0) is 43.1. The molecule has 5 rings (SSSR count). The topological polar surface area (TPSA) is 389 Å². The SMILES string of the molecule is CC1[C@H](O[C@@H]2CC(N)[C@H](O[C@H]3C(OC=O)O[C@@H](O[C@H]4C(C)O[C@@H](C)C(N)[C@H]4O)C(OS(=O)(=O)O)[C@H]3O)OC2C)OC(C(=O)O)[C@H](O[C@@H]2OC(C)[C@H](O)[C@H](O)C2N)[C@@H]1O. The standard InChI is InChI=1S/C32H55N3O22S/c1-8-17(37)23(53-30-16(35)19(39)18(38)11(4)50-30)26(27(42)43)55-28(8)51-14-6-13(33)29(49-9(14)2)54-24-21(41)25(57-58(44,45)46)32(56-31(24)47-7-36)52-22-12(5)48-10(3)15(34)20(22)40/h7-26,28-32,37-41H,6,33-35H2,1-5H3,(H,42,43)(H,44,45,46)/t8?,9?,10-,11?,12?,13?,14+,15?,16?,17+,18-,19+,20+,21-,22-,23+,24+,25?,26?,28+,29-,30-,31?,32+/m0/s1. The van der Waals surface area contributed by atoms with Gasteiger partial charge in [0.15, 0.2) is 43.5 Å². The fraction of sp³-hybridized carbons (Fsp3) is 0.938. The van der Waals surface area contributed by atoms with Crippen molar-refractivity contribution in [2.45, 2.75) is 182 Å². The van der Waals surface area contributed by atoms with Crippen LogP contribution in [0.25, 0.3) is 0 Å². The third kappa shape index (κ3) is 10.2. The highest BCUT2D eigenvalue weighted by molar-refractivity contribution is 7.80. The fourth-order valence-electron chi connectivity index (χ4n) is 7.50. The van der Waals surface area contributed by atoms with E-state index in [-0.39, 0.29) is 12.9 Å². The lowest BCUT2D eigenvalue weighted by Gasteiger charge is -2.48. The summed E-state index contributed by atoms with van der Waals surface area (Å²) in [6.45, 7) is 7.51. The molecule has 0 aromatic heterocycles. The number of carboxylic acids is 1. The van der Waals surface area contributed by atoms with Gasteiger partial charge in [0.1, 0.15) is 36.6 Å². The normalized spacial score (nSPS) is 50.5. The van der Waals surface area contributed by atoms with Crippen LogP contribution in [0, 0.1) is 5.92 Å². The van der Waals surface area contributed by atoms with Crippen molar-refractivity contribution in [2.24, 2.45) is 23.1 Å². The van der Waals surface area contributed by atoms with Gasteiger partial charge in [-0.2, -0.15) is 8.42 Å². The van der Waals surface area contributed by atoms with Crippen LogP contribution in [0.5, 0.6) is 0 Å². The number of carbonyl (C=O) groups is 2. The van der Waals surface area contributed by atoms with Crippen LogP contribution < -0.4 is 17.2 Å². The van der Waals surface area contributed by atoms with E-state index in [2.05, 4.69) is 0 Å². The van der Waals surface area contributed by atoms with Gasteiger partial charge in [0.2, 0.25) is 6.29 Å². The molecule has 25 nitrogen and oxygen atoms in total. The van der Waals surface area contributed by atoms with Crippen molar-refractivity contribution >= 4 is 22.8 Å². The number of carbonyl (C=O) groups excluding carboxylic acids is 1. The van der Waals surface area contributed by atoms with Gasteiger partial charge in [0.25, 0.3) is 6.47 Å². The molecule has 0 amide bonds. The van der Waals surface area contributed by atoms with E-state index in [1.165, 1.54) is 27.7 Å². The third-order valence-electron chi connectivity index (χ3n) is 11.0. The Labute approximate surface area is 332 Å². The maximum absolute atomic E-state index is 12.3. The molecule has 0 aromatic rings. The molecule has 13 N–H and O–H groups in total. The Balaban J connectivity index is 1.26. The van der Waals surface area contributed by atoms with Gasteiger partial charge >= 0.3 is 16.4 Å². The highest BCUT2D eigenvalue weighted by atomic mass is 32.3. The molecule has 0 aliphatic carbocycles. The quantitative estimate of drug-likeness (QED) is 0.0610. The Morgan fingerprint density at radius 3 is 1.86 bits per heavy atom. The van der Waals surface area contributed by atoms with Crippen molar-refractivity contribution in [3.05, 3.63) is 0 Å². The van der Waals surface area contributed by atoms with Crippen molar-refractivity contribution in [3.8, 4) is 0 Å². The predicted octanol–water partition coefficient (Wildman–Crippen LogP) is -5.51. The molecule has 5 fully saturated rings. The van der Waals surface area contributed by atoms with E-state index in [1.54, 1.807) is 6.92 Å². The number of aliphatic carboxylic acids is 1. The second-order valence-corrected chi connectivity index (χ2v) is 16.2. The Hall–Kier alpha value is -1.87. The lowest BCUT2D eigenvalue weighted by atomic mass is 9.91. The number of nitrogens with two attached hydrogens (primary N) is 3. The average Bonchev–Trinajstić information content (AvgIpc) is 3.14. The van der Waals surface area contributed by atoms with Gasteiger partial charge in [-0.3, -0.25) is 9.35 Å². The number of hydrogen-bond donors (Lipinski definition) is 10. The Morgan fingerprint density at radius 2 is 1.24 bits per heavy atom. The number of carboxylic acid groups (broad SMARTS) is 1. The first-order chi connectivity index (χ1) is 27.0. The van der Waals surface area contributed by atoms with Crippen molar-refractivity contribution in [1.82, 2.24) is 0 Å². The summed E-state index contributed by atoms with van der Waals surface area (Å²) in [5, 5.41) is 63.8. The second-order valence-electron chi connectivity index (χ2n) is 15.2. The molecular weight excluding hydrogens is 810 g/mol. The van der Waals surface area contributed by atoms with E-state index in [1.807, 2.05) is 0 Å². The molecule has 0 spiro atoms. The highest BCUT2D eigenvalue weighted by Gasteiger charge is 2.56. The largest absolute Gasteiger partial charge is 0.479 e. The second kappa shape index (κ2) is 19.0. The Morgan fingerprint density at radius 1 is 0.621 bits per heavy atom. The molecule has 5 heterocycles. The number of hydrogen-bond acceptors (Lipinski definition) is 23. The predicted molar refractivity (Wildman–Crippen MR) is 184 cm³/mol. The smallest absolute Gasteiger partial charge is 0.397 e. The summed E-state index contributed by atoms with van der Waals surface area (Å²) >= 11 is 0. The fourth-order valence-corrected chi connectivity index (χ4v) is 7.99. The van der Waals surface area contributed by atoms with Gasteiger partial charge in [-0.25, -0.2) is 8.98 Å². The molecule has 5 aliphatic rings. The molecule has 0 bridgehead atoms. The molecule has 0 radical (unpaired) electrons. The van der Waals surface area contributed by atoms with Crippen LogP contribution in [0.3, 0.4) is 0 Å². The van der Waals surface area contributed by atoms with Gasteiger partial charge in [-0.1, -0.05) is 6.92 Å². The van der Waals surface area contributed by atoms with Gasteiger partial charge in [0.05, 0.1) is 54.7 Å². The van der Waals surface area contributed by atoms with Crippen LogP contribution in [0.1, 0.15) is 41.0 Å². The van der Waals surface area contributed by atoms with E-state index in [9.17, 15) is 53.2 Å². The van der Waals surface area contributed by atoms with Crippen molar-refractivity contribution in [3.63, 3.8) is 0 Å². The minimum Gasteiger partial charge on any atom is -0.479 e. The van der Waals surface area contributed by atoms with Crippen molar-refractivity contribution < 1.29 is 105 Å². The average molecular weight is 866 g/mol. The molecule has 336 valence electrons.